The summed E-state index contributed by atoms with van der Waals surface area (Å²) < 4.78 is 0. The van der Waals surface area contributed by atoms with E-state index in [4.69, 9.17) is 5.73 Å². The molecule has 3 N–H and O–H groups in total. The fraction of sp³-hybridized carbons (Fsp3) is 0.250. The lowest BCUT2D eigenvalue weighted by Crippen LogP contribution is -2.13. The van der Waals surface area contributed by atoms with Crippen molar-refractivity contribution >= 4 is 27.9 Å². The van der Waals surface area contributed by atoms with Crippen LogP contribution in [0.1, 0.15) is 22.5 Å². The minimum atomic E-state index is 0.691. The number of thiazole rings is 1. The minimum absolute atomic E-state index is 0.691. The van der Waals surface area contributed by atoms with Crippen LogP contribution in [-0.4, -0.2) is 9.97 Å². The molecular weight excluding hydrogens is 280 g/mol. The van der Waals surface area contributed by atoms with Crippen LogP contribution < -0.4 is 11.1 Å². The first-order valence-electron chi connectivity index (χ1n) is 7.04. The van der Waals surface area contributed by atoms with Crippen LogP contribution in [0.2, 0.25) is 0 Å². The quantitative estimate of drug-likeness (QED) is 0.759. The number of para-hydroxylation sites is 1. The first-order valence-corrected chi connectivity index (χ1v) is 7.86. The molecule has 1 aromatic carbocycles. The number of fused-ring (bicyclic) bond motifs is 1. The van der Waals surface area contributed by atoms with Crippen molar-refractivity contribution in [3.05, 3.63) is 52.1 Å². The van der Waals surface area contributed by atoms with E-state index in [2.05, 4.69) is 22.2 Å². The Labute approximate surface area is 128 Å². The number of hydrogen-bond donors (Lipinski definition) is 2. The van der Waals surface area contributed by atoms with E-state index in [9.17, 15) is 0 Å². The number of hydrogen-bond acceptors (Lipinski definition) is 5. The zero-order valence-corrected chi connectivity index (χ0v) is 12.8. The third-order valence-electron chi connectivity index (χ3n) is 3.33. The van der Waals surface area contributed by atoms with Crippen LogP contribution in [0.5, 0.6) is 0 Å². The van der Waals surface area contributed by atoms with Crippen LogP contribution in [0.3, 0.4) is 0 Å². The predicted molar refractivity (Wildman–Crippen MR) is 88.2 cm³/mol. The molecule has 0 saturated carbocycles. The second-order valence-corrected chi connectivity index (χ2v) is 6.10. The van der Waals surface area contributed by atoms with Gasteiger partial charge in [0.25, 0.3) is 0 Å². The highest BCUT2D eigenvalue weighted by molar-refractivity contribution is 7.11. The van der Waals surface area contributed by atoms with Gasteiger partial charge in [-0.2, -0.15) is 0 Å². The third kappa shape index (κ3) is 3.20. The first-order chi connectivity index (χ1) is 10.3. The van der Waals surface area contributed by atoms with Gasteiger partial charge in [0, 0.05) is 35.2 Å². The van der Waals surface area contributed by atoms with Crippen molar-refractivity contribution < 1.29 is 0 Å². The molecule has 0 amide bonds. The Morgan fingerprint density at radius 2 is 2.10 bits per heavy atom. The van der Waals surface area contributed by atoms with Gasteiger partial charge in [0.2, 0.25) is 0 Å². The van der Waals surface area contributed by atoms with Crippen molar-refractivity contribution in [3.8, 4) is 0 Å². The number of aromatic nitrogens is 2. The Morgan fingerprint density at radius 3 is 2.90 bits per heavy atom. The predicted octanol–water partition coefficient (Wildman–Crippen LogP) is 3.13. The molecule has 5 heteroatoms. The SMILES string of the molecule is CCc1cnc(CNCc2cc(N)c3ccccc3n2)s1. The molecule has 0 bridgehead atoms. The number of nitrogen functional groups attached to an aromatic ring is 1. The van der Waals surface area contributed by atoms with Gasteiger partial charge in [0.1, 0.15) is 5.01 Å². The number of nitrogens with two attached hydrogens (primary N) is 1. The zero-order valence-electron chi connectivity index (χ0n) is 12.0. The summed E-state index contributed by atoms with van der Waals surface area (Å²) in [5.74, 6) is 0. The molecule has 0 radical (unpaired) electrons. The van der Waals surface area contributed by atoms with Crippen LogP contribution in [-0.2, 0) is 19.5 Å². The van der Waals surface area contributed by atoms with Gasteiger partial charge in [-0.1, -0.05) is 25.1 Å². The maximum absolute atomic E-state index is 6.08. The number of nitrogens with zero attached hydrogens (tertiary/aromatic N) is 2. The normalized spacial score (nSPS) is 11.1. The maximum Gasteiger partial charge on any atom is 0.107 e. The molecule has 2 aromatic heterocycles. The molecule has 21 heavy (non-hydrogen) atoms. The Balaban J connectivity index is 1.67. The van der Waals surface area contributed by atoms with Crippen LogP contribution in [0.25, 0.3) is 10.9 Å². The van der Waals surface area contributed by atoms with E-state index in [1.54, 1.807) is 11.3 Å². The van der Waals surface area contributed by atoms with Crippen molar-refractivity contribution in [1.29, 1.82) is 0 Å². The molecule has 0 atom stereocenters. The second-order valence-electron chi connectivity index (χ2n) is 4.90. The summed E-state index contributed by atoms with van der Waals surface area (Å²) in [7, 11) is 0. The van der Waals surface area contributed by atoms with E-state index < -0.39 is 0 Å². The lowest BCUT2D eigenvalue weighted by atomic mass is 10.1. The molecule has 0 unspecified atom stereocenters. The van der Waals surface area contributed by atoms with Gasteiger partial charge in [0.15, 0.2) is 0 Å². The van der Waals surface area contributed by atoms with Crippen molar-refractivity contribution in [2.45, 2.75) is 26.4 Å². The molecule has 108 valence electrons. The molecule has 0 aliphatic heterocycles. The summed E-state index contributed by atoms with van der Waals surface area (Å²) in [6.45, 7) is 3.60. The van der Waals surface area contributed by atoms with Gasteiger partial charge in [-0.15, -0.1) is 11.3 Å². The molecule has 2 heterocycles. The summed E-state index contributed by atoms with van der Waals surface area (Å²) in [5.41, 5.74) is 8.76. The van der Waals surface area contributed by atoms with Crippen LogP contribution in [0.4, 0.5) is 5.69 Å². The molecule has 0 aliphatic carbocycles. The number of anilines is 1. The number of benzene rings is 1. The Kier molecular flexibility index (Phi) is 4.13. The average molecular weight is 298 g/mol. The molecule has 3 aromatic rings. The van der Waals surface area contributed by atoms with Crippen LogP contribution in [0, 0.1) is 0 Å². The standard InChI is InChI=1S/C16H18N4S/c1-2-12-9-19-16(21-12)10-18-8-11-7-14(17)13-5-3-4-6-15(13)20-11/h3-7,9,18H,2,8,10H2,1H3,(H2,17,20). The van der Waals surface area contributed by atoms with Gasteiger partial charge < -0.3 is 11.1 Å². The highest BCUT2D eigenvalue weighted by atomic mass is 32.1. The fourth-order valence-electron chi connectivity index (χ4n) is 2.24. The van der Waals surface area contributed by atoms with E-state index in [1.165, 1.54) is 4.88 Å². The van der Waals surface area contributed by atoms with E-state index in [0.717, 1.165) is 40.3 Å². The molecule has 3 rings (SSSR count). The topological polar surface area (TPSA) is 63.8 Å². The molecular formula is C16H18N4S. The lowest BCUT2D eigenvalue weighted by molar-refractivity contribution is 0.679. The van der Waals surface area contributed by atoms with Crippen molar-refractivity contribution in [2.24, 2.45) is 0 Å². The molecule has 0 saturated heterocycles. The first kappa shape index (κ1) is 14.0. The summed E-state index contributed by atoms with van der Waals surface area (Å²) in [6.07, 6.45) is 2.99. The molecule has 0 spiro atoms. The zero-order chi connectivity index (χ0) is 14.7. The van der Waals surface area contributed by atoms with Gasteiger partial charge in [-0.3, -0.25) is 4.98 Å². The number of aryl methyl sites for hydroxylation is 1. The van der Waals surface area contributed by atoms with E-state index in [1.807, 2.05) is 36.5 Å². The molecule has 0 aliphatic rings. The average Bonchev–Trinajstić information content (AvgIpc) is 2.95. The summed E-state index contributed by atoms with van der Waals surface area (Å²) in [6, 6.07) is 9.88. The van der Waals surface area contributed by atoms with Gasteiger partial charge in [0.05, 0.1) is 11.2 Å². The smallest absolute Gasteiger partial charge is 0.107 e. The van der Waals surface area contributed by atoms with Crippen molar-refractivity contribution in [3.63, 3.8) is 0 Å². The lowest BCUT2D eigenvalue weighted by Gasteiger charge is -2.07. The summed E-state index contributed by atoms with van der Waals surface area (Å²) in [5, 5.41) is 5.50. The summed E-state index contributed by atoms with van der Waals surface area (Å²) in [4.78, 5) is 10.3. The number of nitrogens with one attached hydrogen (secondary N) is 1. The van der Waals surface area contributed by atoms with Crippen molar-refractivity contribution in [1.82, 2.24) is 15.3 Å². The van der Waals surface area contributed by atoms with Gasteiger partial charge in [-0.05, 0) is 18.6 Å². The highest BCUT2D eigenvalue weighted by Crippen LogP contribution is 2.20. The van der Waals surface area contributed by atoms with E-state index in [0.29, 0.717) is 6.54 Å². The maximum atomic E-state index is 6.08. The van der Waals surface area contributed by atoms with Crippen LogP contribution in [0.15, 0.2) is 36.5 Å². The Bertz CT molecular complexity index is 751. The molecule has 4 nitrogen and oxygen atoms in total. The largest absolute Gasteiger partial charge is 0.398 e. The monoisotopic (exact) mass is 298 g/mol. The highest BCUT2D eigenvalue weighted by Gasteiger charge is 2.04. The molecule has 0 fully saturated rings. The summed E-state index contributed by atoms with van der Waals surface area (Å²) >= 11 is 1.76. The van der Waals surface area contributed by atoms with Crippen LogP contribution >= 0.6 is 11.3 Å². The minimum Gasteiger partial charge on any atom is -0.398 e. The second kappa shape index (κ2) is 6.20. The third-order valence-corrected chi connectivity index (χ3v) is 4.48. The Morgan fingerprint density at radius 1 is 1.24 bits per heavy atom. The van der Waals surface area contributed by atoms with E-state index >= 15 is 0 Å². The van der Waals surface area contributed by atoms with Gasteiger partial charge >= 0.3 is 0 Å². The van der Waals surface area contributed by atoms with Gasteiger partial charge in [-0.25, -0.2) is 4.98 Å². The fourth-order valence-corrected chi connectivity index (χ4v) is 3.07. The van der Waals surface area contributed by atoms with Crippen molar-refractivity contribution in [2.75, 3.05) is 5.73 Å². The number of pyridine rings is 1. The Hall–Kier alpha value is -1.98. The number of rotatable bonds is 5. The van der Waals surface area contributed by atoms with E-state index in [-0.39, 0.29) is 0 Å².